The first-order valence-electron chi connectivity index (χ1n) is 7.05. The van der Waals surface area contributed by atoms with E-state index in [1.54, 1.807) is 30.3 Å². The highest BCUT2D eigenvalue weighted by Gasteiger charge is 2.29. The van der Waals surface area contributed by atoms with E-state index in [2.05, 4.69) is 10.0 Å². The van der Waals surface area contributed by atoms with Crippen LogP contribution in [0.25, 0.3) is 0 Å². The minimum absolute atomic E-state index is 0.00684. The van der Waals surface area contributed by atoms with Crippen LogP contribution in [-0.4, -0.2) is 35.6 Å². The molecule has 0 aliphatic carbocycles. The van der Waals surface area contributed by atoms with Crippen LogP contribution in [0.5, 0.6) is 5.75 Å². The van der Waals surface area contributed by atoms with Crippen molar-refractivity contribution in [3.63, 3.8) is 0 Å². The number of sulfone groups is 1. The zero-order valence-electron chi connectivity index (χ0n) is 13.0. The van der Waals surface area contributed by atoms with Gasteiger partial charge in [0.2, 0.25) is 0 Å². The first-order valence-corrected chi connectivity index (χ1v) is 10.4. The van der Waals surface area contributed by atoms with Crippen LogP contribution in [0.4, 0.5) is 11.4 Å². The number of benzene rings is 2. The van der Waals surface area contributed by atoms with Crippen LogP contribution in [0, 0.1) is 0 Å². The number of ether oxygens (including phenoxy) is 1. The maximum Gasteiger partial charge on any atom is 0.265 e. The lowest BCUT2D eigenvalue weighted by Crippen LogP contribution is -2.27. The number of anilines is 2. The van der Waals surface area contributed by atoms with Crippen molar-refractivity contribution in [2.24, 2.45) is 0 Å². The number of para-hydroxylation sites is 1. The maximum atomic E-state index is 12.7. The Kier molecular flexibility index (Phi) is 4.17. The van der Waals surface area contributed by atoms with Crippen molar-refractivity contribution in [1.29, 1.82) is 0 Å². The lowest BCUT2D eigenvalue weighted by atomic mass is 10.2. The highest BCUT2D eigenvalue weighted by atomic mass is 32.2. The van der Waals surface area contributed by atoms with Gasteiger partial charge in [-0.25, -0.2) is 16.8 Å². The van der Waals surface area contributed by atoms with E-state index in [0.29, 0.717) is 5.69 Å². The molecule has 0 bridgehead atoms. The molecule has 1 aliphatic rings. The lowest BCUT2D eigenvalue weighted by Gasteiger charge is -2.22. The van der Waals surface area contributed by atoms with Crippen molar-refractivity contribution >= 4 is 37.1 Å². The minimum Gasteiger partial charge on any atom is -0.480 e. The molecule has 3 rings (SSSR count). The van der Waals surface area contributed by atoms with E-state index in [0.717, 1.165) is 12.3 Å². The Morgan fingerprint density at radius 2 is 1.76 bits per heavy atom. The maximum absolute atomic E-state index is 12.7. The summed E-state index contributed by atoms with van der Waals surface area (Å²) in [6.07, 6.45) is 0.946. The molecule has 0 fully saturated rings. The normalized spacial score (nSPS) is 14.2. The quantitative estimate of drug-likeness (QED) is 0.821. The third-order valence-corrected chi connectivity index (χ3v) is 5.87. The van der Waals surface area contributed by atoms with Gasteiger partial charge >= 0.3 is 0 Å². The van der Waals surface area contributed by atoms with Gasteiger partial charge in [-0.3, -0.25) is 9.52 Å². The number of sulfonamides is 1. The molecule has 0 aromatic heterocycles. The van der Waals surface area contributed by atoms with Crippen molar-refractivity contribution in [3.8, 4) is 5.75 Å². The van der Waals surface area contributed by atoms with E-state index in [-0.39, 0.29) is 27.8 Å². The highest BCUT2D eigenvalue weighted by Crippen LogP contribution is 2.38. The molecule has 1 amide bonds. The molecule has 0 spiro atoms. The molecule has 0 atom stereocenters. The minimum atomic E-state index is -4.15. The molecular formula is C15H14N2O6S2. The van der Waals surface area contributed by atoms with Crippen LogP contribution >= 0.6 is 0 Å². The number of nitrogens with one attached hydrogen (secondary N) is 2. The Hall–Kier alpha value is -2.59. The molecule has 0 radical (unpaired) electrons. The van der Waals surface area contributed by atoms with Gasteiger partial charge in [-0.1, -0.05) is 18.2 Å². The fourth-order valence-corrected chi connectivity index (χ4v) is 4.26. The van der Waals surface area contributed by atoms with E-state index < -0.39 is 25.8 Å². The summed E-state index contributed by atoms with van der Waals surface area (Å²) in [5.41, 5.74) is 0.300. The molecule has 10 heteroatoms. The molecule has 2 aromatic rings. The Morgan fingerprint density at radius 3 is 2.40 bits per heavy atom. The summed E-state index contributed by atoms with van der Waals surface area (Å²) in [7, 11) is -7.85. The Balaban J connectivity index is 2.17. The third-order valence-electron chi connectivity index (χ3n) is 3.39. The SMILES string of the molecule is CS(=O)(=O)c1cc2c(c(S(=O)(=O)Nc3ccccc3)c1)OCC(=O)N2. The van der Waals surface area contributed by atoms with Gasteiger partial charge < -0.3 is 10.1 Å². The molecule has 2 N–H and O–H groups in total. The smallest absolute Gasteiger partial charge is 0.265 e. The van der Waals surface area contributed by atoms with Crippen LogP contribution in [0.2, 0.25) is 0 Å². The Morgan fingerprint density at radius 1 is 1.08 bits per heavy atom. The monoisotopic (exact) mass is 382 g/mol. The van der Waals surface area contributed by atoms with Gasteiger partial charge in [-0.2, -0.15) is 0 Å². The van der Waals surface area contributed by atoms with Gasteiger partial charge in [0.05, 0.1) is 10.6 Å². The van der Waals surface area contributed by atoms with Crippen molar-refractivity contribution in [2.45, 2.75) is 9.79 Å². The first-order chi connectivity index (χ1) is 11.7. The van der Waals surface area contributed by atoms with Gasteiger partial charge in [0.1, 0.15) is 4.90 Å². The van der Waals surface area contributed by atoms with Crippen LogP contribution < -0.4 is 14.8 Å². The van der Waals surface area contributed by atoms with Crippen molar-refractivity contribution < 1.29 is 26.4 Å². The number of carbonyl (C=O) groups excluding carboxylic acids is 1. The molecule has 1 aliphatic heterocycles. The summed E-state index contributed by atoms with van der Waals surface area (Å²) in [4.78, 5) is 10.9. The second kappa shape index (κ2) is 6.05. The van der Waals surface area contributed by atoms with E-state index in [1.165, 1.54) is 6.07 Å². The summed E-state index contributed by atoms with van der Waals surface area (Å²) in [6, 6.07) is 10.3. The standard InChI is InChI=1S/C15H14N2O6S2/c1-24(19,20)11-7-12-15(23-9-14(18)16-12)13(8-11)25(21,22)17-10-5-3-2-4-6-10/h2-8,17H,9H2,1H3,(H,16,18). The van der Waals surface area contributed by atoms with Gasteiger partial charge in [-0.15, -0.1) is 0 Å². The fourth-order valence-electron chi connectivity index (χ4n) is 2.27. The number of hydrogen-bond acceptors (Lipinski definition) is 6. The number of carbonyl (C=O) groups is 1. The topological polar surface area (TPSA) is 119 Å². The van der Waals surface area contributed by atoms with E-state index in [4.69, 9.17) is 4.74 Å². The zero-order valence-corrected chi connectivity index (χ0v) is 14.6. The Bertz CT molecular complexity index is 1050. The molecule has 25 heavy (non-hydrogen) atoms. The number of hydrogen-bond donors (Lipinski definition) is 2. The van der Waals surface area contributed by atoms with Crippen LogP contribution in [0.3, 0.4) is 0 Å². The Labute approximate surface area is 144 Å². The second-order valence-electron chi connectivity index (χ2n) is 5.38. The highest BCUT2D eigenvalue weighted by molar-refractivity contribution is 7.93. The van der Waals surface area contributed by atoms with Gasteiger partial charge in [0, 0.05) is 11.9 Å². The largest absolute Gasteiger partial charge is 0.480 e. The molecule has 2 aromatic carbocycles. The molecule has 8 nitrogen and oxygen atoms in total. The molecule has 0 saturated carbocycles. The van der Waals surface area contributed by atoms with Crippen LogP contribution in [0.15, 0.2) is 52.3 Å². The predicted molar refractivity (Wildman–Crippen MR) is 90.9 cm³/mol. The molecule has 132 valence electrons. The third kappa shape index (κ3) is 3.59. The van der Waals surface area contributed by atoms with Crippen molar-refractivity contribution in [1.82, 2.24) is 0 Å². The number of fused-ring (bicyclic) bond motifs is 1. The summed E-state index contributed by atoms with van der Waals surface area (Å²) < 4.78 is 56.8. The lowest BCUT2D eigenvalue weighted by molar-refractivity contribution is -0.118. The first kappa shape index (κ1) is 17.2. The summed E-state index contributed by atoms with van der Waals surface area (Å²) in [6.45, 7) is -0.362. The van der Waals surface area contributed by atoms with E-state index in [1.807, 2.05) is 0 Å². The van der Waals surface area contributed by atoms with E-state index in [9.17, 15) is 21.6 Å². The molecule has 1 heterocycles. The summed E-state index contributed by atoms with van der Waals surface area (Å²) in [5.74, 6) is -0.604. The molecular weight excluding hydrogens is 368 g/mol. The van der Waals surface area contributed by atoms with Gasteiger partial charge in [-0.05, 0) is 24.3 Å². The number of rotatable bonds is 4. The van der Waals surface area contributed by atoms with Crippen molar-refractivity contribution in [2.75, 3.05) is 22.9 Å². The zero-order chi connectivity index (χ0) is 18.2. The summed E-state index contributed by atoms with van der Waals surface area (Å²) in [5, 5.41) is 2.43. The fraction of sp³-hybridized carbons (Fsp3) is 0.133. The van der Waals surface area contributed by atoms with E-state index >= 15 is 0 Å². The average Bonchev–Trinajstić information content (AvgIpc) is 2.53. The molecule has 0 unspecified atom stereocenters. The van der Waals surface area contributed by atoms with Crippen LogP contribution in [0.1, 0.15) is 0 Å². The predicted octanol–water partition coefficient (Wildman–Crippen LogP) is 1.22. The van der Waals surface area contributed by atoms with Gasteiger partial charge in [0.25, 0.3) is 15.9 Å². The second-order valence-corrected chi connectivity index (χ2v) is 9.05. The van der Waals surface area contributed by atoms with Gasteiger partial charge in [0.15, 0.2) is 22.2 Å². The average molecular weight is 382 g/mol. The summed E-state index contributed by atoms with van der Waals surface area (Å²) >= 11 is 0. The number of amides is 1. The van der Waals surface area contributed by atoms with Crippen molar-refractivity contribution in [3.05, 3.63) is 42.5 Å². The van der Waals surface area contributed by atoms with Crippen LogP contribution in [-0.2, 0) is 24.7 Å². The molecule has 0 saturated heterocycles.